The first kappa shape index (κ1) is 25.2. The lowest BCUT2D eigenvalue weighted by molar-refractivity contribution is -0.118. The van der Waals surface area contributed by atoms with Gasteiger partial charge in [-0.25, -0.2) is 13.4 Å². The van der Waals surface area contributed by atoms with Crippen LogP contribution in [0, 0.1) is 11.8 Å². The number of nitrogens with zero attached hydrogens (tertiary/aromatic N) is 4. The smallest absolute Gasteiger partial charge is 0.231 e. The number of sulfone groups is 1. The Labute approximate surface area is 225 Å². The maximum atomic E-state index is 13.6. The topological polar surface area (TPSA) is 112 Å². The highest BCUT2D eigenvalue weighted by atomic mass is 35.5. The average molecular weight is 555 g/mol. The van der Waals surface area contributed by atoms with E-state index in [0.717, 1.165) is 29.6 Å². The molecule has 2 unspecified atom stereocenters. The Bertz CT molecular complexity index is 1540. The number of rotatable bonds is 6. The summed E-state index contributed by atoms with van der Waals surface area (Å²) >= 11 is 6.27. The van der Waals surface area contributed by atoms with Gasteiger partial charge in [-0.3, -0.25) is 9.78 Å². The number of amides is 1. The summed E-state index contributed by atoms with van der Waals surface area (Å²) in [5.74, 6) is 1.05. The zero-order valence-electron chi connectivity index (χ0n) is 20.7. The van der Waals surface area contributed by atoms with Crippen molar-refractivity contribution in [3.05, 3.63) is 58.6 Å². The van der Waals surface area contributed by atoms with E-state index in [9.17, 15) is 13.2 Å². The SMILES string of the molecule is O=C1CC(C2CCS(=O)(=O)C2)=Cc2ccncc2N1Cc1nc(OCC2CCOC2)c2ccc(Cl)cc2n1. The van der Waals surface area contributed by atoms with Gasteiger partial charge in [0.15, 0.2) is 15.7 Å². The van der Waals surface area contributed by atoms with Crippen LogP contribution in [0.1, 0.15) is 30.7 Å². The molecule has 2 fully saturated rings. The van der Waals surface area contributed by atoms with E-state index in [0.29, 0.717) is 53.5 Å². The van der Waals surface area contributed by atoms with Crippen LogP contribution in [-0.4, -0.2) is 60.6 Å². The molecule has 3 aliphatic heterocycles. The molecule has 0 spiro atoms. The highest BCUT2D eigenvalue weighted by Gasteiger charge is 2.34. The second kappa shape index (κ2) is 10.2. The van der Waals surface area contributed by atoms with Crippen molar-refractivity contribution >= 4 is 50.0 Å². The first-order valence-electron chi connectivity index (χ1n) is 12.7. The van der Waals surface area contributed by atoms with Crippen LogP contribution in [-0.2, 0) is 25.9 Å². The van der Waals surface area contributed by atoms with Crippen LogP contribution in [0.15, 0.2) is 42.2 Å². The molecule has 11 heteroatoms. The zero-order chi connectivity index (χ0) is 26.3. The monoisotopic (exact) mass is 554 g/mol. The minimum absolute atomic E-state index is 0.0772. The molecule has 6 rings (SSSR count). The van der Waals surface area contributed by atoms with Gasteiger partial charge in [-0.1, -0.05) is 23.3 Å². The first-order chi connectivity index (χ1) is 18.3. The third-order valence-electron chi connectivity index (χ3n) is 7.33. The molecule has 38 heavy (non-hydrogen) atoms. The Morgan fingerprint density at radius 1 is 1.18 bits per heavy atom. The van der Waals surface area contributed by atoms with E-state index in [4.69, 9.17) is 31.0 Å². The van der Waals surface area contributed by atoms with Crippen molar-refractivity contribution in [3.63, 3.8) is 0 Å². The van der Waals surface area contributed by atoms with Gasteiger partial charge >= 0.3 is 0 Å². The number of pyridine rings is 1. The normalized spacial score (nSPS) is 22.8. The van der Waals surface area contributed by atoms with E-state index >= 15 is 0 Å². The van der Waals surface area contributed by atoms with Gasteiger partial charge in [-0.2, -0.15) is 4.98 Å². The number of carbonyl (C=O) groups is 1. The van der Waals surface area contributed by atoms with E-state index in [2.05, 4.69) is 4.98 Å². The lowest BCUT2D eigenvalue weighted by Crippen LogP contribution is -2.31. The second-order valence-electron chi connectivity index (χ2n) is 10.1. The van der Waals surface area contributed by atoms with Gasteiger partial charge < -0.3 is 14.4 Å². The van der Waals surface area contributed by atoms with Gasteiger partial charge in [-0.15, -0.1) is 0 Å². The van der Waals surface area contributed by atoms with Crippen LogP contribution in [0.4, 0.5) is 5.69 Å². The molecule has 0 N–H and O–H groups in total. The lowest BCUT2D eigenvalue weighted by atomic mass is 9.94. The standard InChI is InChI=1S/C27H27ClN4O5S/c28-21-1-2-22-23(11-21)30-25(31-27(22)37-15-17-4-7-36-14-17)13-32-24-12-29-6-3-18(24)9-20(10-26(32)33)19-5-8-38(34,35)16-19/h1-3,6,9,11-12,17,19H,4-5,7-8,10,13-16H2. The largest absolute Gasteiger partial charge is 0.477 e. The van der Waals surface area contributed by atoms with Gasteiger partial charge in [0.1, 0.15) is 0 Å². The van der Waals surface area contributed by atoms with Gasteiger partial charge in [0, 0.05) is 35.7 Å². The van der Waals surface area contributed by atoms with E-state index in [1.54, 1.807) is 29.4 Å². The molecule has 2 saturated heterocycles. The molecule has 5 heterocycles. The number of benzene rings is 1. The van der Waals surface area contributed by atoms with Crippen molar-refractivity contribution in [3.8, 4) is 5.88 Å². The van der Waals surface area contributed by atoms with Crippen LogP contribution in [0.5, 0.6) is 5.88 Å². The molecule has 9 nitrogen and oxygen atoms in total. The first-order valence-corrected chi connectivity index (χ1v) is 14.9. The Morgan fingerprint density at radius 3 is 2.87 bits per heavy atom. The lowest BCUT2D eigenvalue weighted by Gasteiger charge is -2.23. The van der Waals surface area contributed by atoms with Crippen molar-refractivity contribution < 1.29 is 22.7 Å². The van der Waals surface area contributed by atoms with Crippen LogP contribution < -0.4 is 9.64 Å². The fraction of sp³-hybridized carbons (Fsp3) is 0.407. The third-order valence-corrected chi connectivity index (χ3v) is 9.33. The predicted molar refractivity (Wildman–Crippen MR) is 144 cm³/mol. The summed E-state index contributed by atoms with van der Waals surface area (Å²) in [4.78, 5) is 28.9. The molecule has 0 aliphatic carbocycles. The number of fused-ring (bicyclic) bond motifs is 2. The molecule has 3 aliphatic rings. The van der Waals surface area contributed by atoms with Gasteiger partial charge in [0.05, 0.1) is 54.1 Å². The van der Waals surface area contributed by atoms with Crippen LogP contribution in [0.25, 0.3) is 17.0 Å². The van der Waals surface area contributed by atoms with E-state index in [1.807, 2.05) is 18.2 Å². The summed E-state index contributed by atoms with van der Waals surface area (Å²) in [6.45, 7) is 1.96. The van der Waals surface area contributed by atoms with Crippen molar-refractivity contribution in [2.24, 2.45) is 11.8 Å². The summed E-state index contributed by atoms with van der Waals surface area (Å²) in [6.07, 6.45) is 6.85. The molecule has 0 saturated carbocycles. The predicted octanol–water partition coefficient (Wildman–Crippen LogP) is 3.85. The van der Waals surface area contributed by atoms with Gasteiger partial charge in [0.25, 0.3) is 0 Å². The second-order valence-corrected chi connectivity index (χ2v) is 12.7. The average Bonchev–Trinajstić information content (AvgIpc) is 3.51. The summed E-state index contributed by atoms with van der Waals surface area (Å²) in [5, 5.41) is 1.28. The maximum absolute atomic E-state index is 13.6. The Hall–Kier alpha value is -3.08. The van der Waals surface area contributed by atoms with E-state index in [-0.39, 0.29) is 36.3 Å². The molecule has 1 amide bonds. The molecule has 0 radical (unpaired) electrons. The molecule has 1 aromatic carbocycles. The number of hydrogen-bond donors (Lipinski definition) is 0. The third kappa shape index (κ3) is 5.25. The van der Waals surface area contributed by atoms with Gasteiger partial charge in [0.2, 0.25) is 11.8 Å². The number of ether oxygens (including phenoxy) is 2. The summed E-state index contributed by atoms with van der Waals surface area (Å²) in [6, 6.07) is 7.20. The maximum Gasteiger partial charge on any atom is 0.231 e. The Balaban J connectivity index is 1.32. The fourth-order valence-electron chi connectivity index (χ4n) is 5.28. The van der Waals surface area contributed by atoms with Crippen LogP contribution in [0.3, 0.4) is 0 Å². The fourth-order valence-corrected chi connectivity index (χ4v) is 7.25. The Morgan fingerprint density at radius 2 is 2.08 bits per heavy atom. The molecule has 0 bridgehead atoms. The highest BCUT2D eigenvalue weighted by molar-refractivity contribution is 7.91. The minimum atomic E-state index is -3.09. The summed E-state index contributed by atoms with van der Waals surface area (Å²) < 4.78 is 35.9. The van der Waals surface area contributed by atoms with E-state index in [1.165, 1.54) is 0 Å². The molecular formula is C27H27ClN4O5S. The summed E-state index contributed by atoms with van der Waals surface area (Å²) in [5.41, 5.74) is 2.91. The summed E-state index contributed by atoms with van der Waals surface area (Å²) in [7, 11) is -3.09. The number of hydrogen-bond acceptors (Lipinski definition) is 8. The number of carbonyl (C=O) groups excluding carboxylic acids is 1. The molecule has 2 aromatic heterocycles. The zero-order valence-corrected chi connectivity index (χ0v) is 22.2. The van der Waals surface area contributed by atoms with Crippen LogP contribution in [0.2, 0.25) is 5.02 Å². The Kier molecular flexibility index (Phi) is 6.79. The van der Waals surface area contributed by atoms with E-state index < -0.39 is 9.84 Å². The number of halogens is 1. The van der Waals surface area contributed by atoms with Gasteiger partial charge in [-0.05, 0) is 43.0 Å². The van der Waals surface area contributed by atoms with Crippen LogP contribution >= 0.6 is 11.6 Å². The minimum Gasteiger partial charge on any atom is -0.477 e. The molecule has 198 valence electrons. The molecule has 2 atom stereocenters. The number of aromatic nitrogens is 3. The molecule has 3 aromatic rings. The quantitative estimate of drug-likeness (QED) is 0.452. The highest BCUT2D eigenvalue weighted by Crippen LogP contribution is 2.36. The van der Waals surface area contributed by atoms with Crippen molar-refractivity contribution in [2.45, 2.75) is 25.8 Å². The van der Waals surface area contributed by atoms with Crippen molar-refractivity contribution in [2.75, 3.05) is 36.2 Å². The van der Waals surface area contributed by atoms with Crippen molar-refractivity contribution in [1.29, 1.82) is 0 Å². The number of anilines is 1. The van der Waals surface area contributed by atoms with Crippen molar-refractivity contribution in [1.82, 2.24) is 15.0 Å². The molecular weight excluding hydrogens is 528 g/mol.